The number of nitrogens with zero attached hydrogens (tertiary/aromatic N) is 1. The van der Waals surface area contributed by atoms with Crippen molar-refractivity contribution in [2.75, 3.05) is 20.1 Å². The summed E-state index contributed by atoms with van der Waals surface area (Å²) in [5.74, 6) is 1.92. The molecule has 1 aliphatic rings. The van der Waals surface area contributed by atoms with Crippen molar-refractivity contribution in [3.05, 3.63) is 0 Å². The van der Waals surface area contributed by atoms with Crippen molar-refractivity contribution in [1.29, 1.82) is 0 Å². The summed E-state index contributed by atoms with van der Waals surface area (Å²) in [5.41, 5.74) is 0. The lowest BCUT2D eigenvalue weighted by Gasteiger charge is -2.29. The molecule has 1 aliphatic heterocycles. The van der Waals surface area contributed by atoms with Crippen LogP contribution in [0.15, 0.2) is 0 Å². The van der Waals surface area contributed by atoms with Crippen LogP contribution in [0.25, 0.3) is 0 Å². The first-order valence-electron chi connectivity index (χ1n) is 5.91. The zero-order valence-electron chi connectivity index (χ0n) is 9.55. The van der Waals surface area contributed by atoms with Crippen LogP contribution in [-0.4, -0.2) is 25.0 Å². The second-order valence-electron chi connectivity index (χ2n) is 4.89. The van der Waals surface area contributed by atoms with Gasteiger partial charge in [0.15, 0.2) is 0 Å². The highest BCUT2D eigenvalue weighted by atomic mass is 15.1. The minimum Gasteiger partial charge on any atom is -0.306 e. The molecule has 1 heteroatoms. The van der Waals surface area contributed by atoms with Gasteiger partial charge in [0.2, 0.25) is 0 Å². The molecule has 1 nitrogen and oxygen atoms in total. The van der Waals surface area contributed by atoms with Crippen LogP contribution in [0.3, 0.4) is 0 Å². The Labute approximate surface area is 83.5 Å². The smallest absolute Gasteiger partial charge is 0.000661 e. The van der Waals surface area contributed by atoms with E-state index in [-0.39, 0.29) is 0 Å². The molecule has 0 aromatic carbocycles. The number of rotatable bonds is 2. The third-order valence-electron chi connectivity index (χ3n) is 3.34. The van der Waals surface area contributed by atoms with Gasteiger partial charge >= 0.3 is 0 Å². The van der Waals surface area contributed by atoms with E-state index in [0.29, 0.717) is 0 Å². The molecule has 0 aromatic heterocycles. The normalized spacial score (nSPS) is 32.5. The fourth-order valence-corrected chi connectivity index (χ4v) is 2.37. The van der Waals surface area contributed by atoms with E-state index in [1.54, 1.807) is 0 Å². The Morgan fingerprint density at radius 3 is 2.69 bits per heavy atom. The molecule has 0 radical (unpaired) electrons. The summed E-state index contributed by atoms with van der Waals surface area (Å²) < 4.78 is 0. The average Bonchev–Trinajstić information content (AvgIpc) is 2.09. The predicted octanol–water partition coefficient (Wildman–Crippen LogP) is 3.15. The van der Waals surface area contributed by atoms with Gasteiger partial charge in [-0.2, -0.15) is 0 Å². The molecule has 1 heterocycles. The van der Waals surface area contributed by atoms with Crippen LogP contribution in [0, 0.1) is 11.8 Å². The third kappa shape index (κ3) is 4.12. The van der Waals surface area contributed by atoms with E-state index in [4.69, 9.17) is 0 Å². The van der Waals surface area contributed by atoms with Crippen LogP contribution in [0.5, 0.6) is 0 Å². The van der Waals surface area contributed by atoms with Gasteiger partial charge in [-0.15, -0.1) is 0 Å². The summed E-state index contributed by atoms with van der Waals surface area (Å²) >= 11 is 0. The van der Waals surface area contributed by atoms with E-state index in [2.05, 4.69) is 25.8 Å². The first kappa shape index (κ1) is 11.0. The summed E-state index contributed by atoms with van der Waals surface area (Å²) in [7, 11) is 2.28. The molecule has 0 bridgehead atoms. The molecule has 2 atom stereocenters. The van der Waals surface area contributed by atoms with Crippen molar-refractivity contribution in [1.82, 2.24) is 4.90 Å². The Kier molecular flexibility index (Phi) is 4.79. The first-order chi connectivity index (χ1) is 6.22. The van der Waals surface area contributed by atoms with Crippen molar-refractivity contribution < 1.29 is 0 Å². The Morgan fingerprint density at radius 2 is 2.00 bits per heavy atom. The zero-order chi connectivity index (χ0) is 9.68. The molecule has 1 fully saturated rings. The second kappa shape index (κ2) is 5.64. The molecule has 78 valence electrons. The van der Waals surface area contributed by atoms with Crippen molar-refractivity contribution >= 4 is 0 Å². The Bertz CT molecular complexity index is 133. The fourth-order valence-electron chi connectivity index (χ4n) is 2.37. The second-order valence-corrected chi connectivity index (χ2v) is 4.89. The van der Waals surface area contributed by atoms with Gasteiger partial charge in [0, 0.05) is 6.54 Å². The third-order valence-corrected chi connectivity index (χ3v) is 3.34. The van der Waals surface area contributed by atoms with Gasteiger partial charge in [0.05, 0.1) is 0 Å². The van der Waals surface area contributed by atoms with Crippen LogP contribution >= 0.6 is 0 Å². The van der Waals surface area contributed by atoms with Crippen molar-refractivity contribution in [2.24, 2.45) is 11.8 Å². The van der Waals surface area contributed by atoms with Gasteiger partial charge in [-0.1, -0.05) is 26.7 Å². The lowest BCUT2D eigenvalue weighted by Crippen LogP contribution is -2.30. The molecule has 0 aliphatic carbocycles. The fraction of sp³-hybridized carbons (Fsp3) is 1.00. The Morgan fingerprint density at radius 1 is 1.23 bits per heavy atom. The van der Waals surface area contributed by atoms with Crippen molar-refractivity contribution in [3.63, 3.8) is 0 Å². The summed E-state index contributed by atoms with van der Waals surface area (Å²) in [4.78, 5) is 2.52. The van der Waals surface area contributed by atoms with Gasteiger partial charge < -0.3 is 4.90 Å². The highest BCUT2D eigenvalue weighted by molar-refractivity contribution is 4.70. The summed E-state index contributed by atoms with van der Waals surface area (Å²) in [5, 5.41) is 0. The standard InChI is InChI=1S/C12H25N/c1-4-5-12-7-6-11(2)8-9-13(3)10-12/h11-12H,4-10H2,1-3H3/t11-,12?/m0/s1. The van der Waals surface area contributed by atoms with Gasteiger partial charge in [-0.3, -0.25) is 0 Å². The average molecular weight is 183 g/mol. The van der Waals surface area contributed by atoms with Crippen molar-refractivity contribution in [3.8, 4) is 0 Å². The molecule has 1 saturated heterocycles. The van der Waals surface area contributed by atoms with Crippen LogP contribution < -0.4 is 0 Å². The first-order valence-corrected chi connectivity index (χ1v) is 5.91. The van der Waals surface area contributed by atoms with E-state index in [1.165, 1.54) is 45.2 Å². The number of hydrogen-bond donors (Lipinski definition) is 0. The van der Waals surface area contributed by atoms with E-state index >= 15 is 0 Å². The predicted molar refractivity (Wildman–Crippen MR) is 58.9 cm³/mol. The lowest BCUT2D eigenvalue weighted by molar-refractivity contribution is 0.206. The molecule has 0 amide bonds. The summed E-state index contributed by atoms with van der Waals surface area (Å²) in [6, 6.07) is 0. The number of hydrogen-bond acceptors (Lipinski definition) is 1. The van der Waals surface area contributed by atoms with Gasteiger partial charge in [0.1, 0.15) is 0 Å². The van der Waals surface area contributed by atoms with E-state index in [9.17, 15) is 0 Å². The van der Waals surface area contributed by atoms with Gasteiger partial charge in [-0.25, -0.2) is 0 Å². The van der Waals surface area contributed by atoms with Crippen LogP contribution in [-0.2, 0) is 0 Å². The molecular weight excluding hydrogens is 158 g/mol. The largest absolute Gasteiger partial charge is 0.306 e. The molecule has 0 saturated carbocycles. The molecule has 1 unspecified atom stereocenters. The maximum Gasteiger partial charge on any atom is 0.000661 e. The zero-order valence-corrected chi connectivity index (χ0v) is 9.55. The molecule has 13 heavy (non-hydrogen) atoms. The van der Waals surface area contributed by atoms with E-state index < -0.39 is 0 Å². The molecule has 0 spiro atoms. The van der Waals surface area contributed by atoms with Crippen LogP contribution in [0.2, 0.25) is 0 Å². The molecule has 1 rings (SSSR count). The highest BCUT2D eigenvalue weighted by Crippen LogP contribution is 2.22. The minimum absolute atomic E-state index is 0.946. The SMILES string of the molecule is CCCC1CC[C@H](C)CCN(C)C1. The van der Waals surface area contributed by atoms with Gasteiger partial charge in [0.25, 0.3) is 0 Å². The molecular formula is C12H25N. The summed E-state index contributed by atoms with van der Waals surface area (Å²) in [6.07, 6.45) is 7.09. The highest BCUT2D eigenvalue weighted by Gasteiger charge is 2.16. The molecule has 0 aromatic rings. The van der Waals surface area contributed by atoms with Crippen molar-refractivity contribution in [2.45, 2.75) is 46.0 Å². The lowest BCUT2D eigenvalue weighted by atomic mass is 9.89. The quantitative estimate of drug-likeness (QED) is 0.635. The minimum atomic E-state index is 0.946. The van der Waals surface area contributed by atoms with E-state index in [0.717, 1.165) is 11.8 Å². The maximum absolute atomic E-state index is 2.52. The van der Waals surface area contributed by atoms with Crippen LogP contribution in [0.4, 0.5) is 0 Å². The van der Waals surface area contributed by atoms with Gasteiger partial charge in [-0.05, 0) is 44.7 Å². The Balaban J connectivity index is 2.36. The summed E-state index contributed by atoms with van der Waals surface area (Å²) in [6.45, 7) is 7.35. The molecule has 0 N–H and O–H groups in total. The van der Waals surface area contributed by atoms with Crippen LogP contribution in [0.1, 0.15) is 46.0 Å². The van der Waals surface area contributed by atoms with E-state index in [1.807, 2.05) is 0 Å². The maximum atomic E-state index is 2.52. The Hall–Kier alpha value is -0.0400. The topological polar surface area (TPSA) is 3.24 Å². The number of likely N-dealkylation sites (tertiary alicyclic amines) is 1. The monoisotopic (exact) mass is 183 g/mol.